The maximum Gasteiger partial charge on any atom is 0.0595 e. The number of hydrogen-bond acceptors (Lipinski definition) is 3. The minimum atomic E-state index is 0.156. The molecule has 3 N–H and O–H groups in total. The van der Waals surface area contributed by atoms with Crippen LogP contribution in [0.1, 0.15) is 47.1 Å². The van der Waals surface area contributed by atoms with E-state index in [2.05, 4.69) is 34.9 Å². The molecule has 0 heterocycles. The first-order valence-electron chi connectivity index (χ1n) is 8.70. The smallest absolute Gasteiger partial charge is 0.0595 e. The van der Waals surface area contributed by atoms with Gasteiger partial charge < -0.3 is 15.7 Å². The van der Waals surface area contributed by atoms with Crippen LogP contribution in [0.25, 0.3) is 0 Å². The molecule has 2 atom stereocenters. The Morgan fingerprint density at radius 1 is 1.04 bits per heavy atom. The van der Waals surface area contributed by atoms with E-state index in [4.69, 9.17) is 28.3 Å². The average molecular weight is 379 g/mol. The van der Waals surface area contributed by atoms with Gasteiger partial charge in [-0.25, -0.2) is 0 Å². The summed E-state index contributed by atoms with van der Waals surface area (Å²) >= 11 is 12.3. The van der Waals surface area contributed by atoms with Crippen LogP contribution in [0.4, 0.5) is 0 Å². The summed E-state index contributed by atoms with van der Waals surface area (Å²) in [5.41, 5.74) is 5.17. The third-order valence-electron chi connectivity index (χ3n) is 4.96. The van der Waals surface area contributed by atoms with E-state index in [1.165, 1.54) is 22.3 Å². The van der Waals surface area contributed by atoms with Gasteiger partial charge in [-0.1, -0.05) is 47.5 Å². The Hall–Kier alpha value is -1.10. The van der Waals surface area contributed by atoms with E-state index >= 15 is 0 Å². The molecule has 0 unspecified atom stereocenters. The Labute approximate surface area is 159 Å². The highest BCUT2D eigenvalue weighted by Crippen LogP contribution is 2.42. The highest BCUT2D eigenvalue weighted by atomic mass is 35.5. The van der Waals surface area contributed by atoms with Crippen molar-refractivity contribution in [2.45, 2.75) is 31.3 Å². The highest BCUT2D eigenvalue weighted by Gasteiger charge is 2.28. The standard InChI is InChI=1S/C20H24Cl2N2O/c1-23-20-7-5-15(14-3-6-18(21)19(22)11-14)16-4-2-13(10-17(16)20)12-24-8-9-25/h2-4,6,10-11,15,20,23-25H,5,7-9,12H2,1H3/t15-,20-/m0/s1. The normalized spacial score (nSPS) is 19.7. The van der Waals surface area contributed by atoms with Crippen molar-refractivity contribution in [1.29, 1.82) is 0 Å². The zero-order valence-corrected chi connectivity index (χ0v) is 15.9. The van der Waals surface area contributed by atoms with Gasteiger partial charge >= 0.3 is 0 Å². The van der Waals surface area contributed by atoms with Crippen molar-refractivity contribution in [3.63, 3.8) is 0 Å². The molecule has 1 aliphatic carbocycles. The maximum atomic E-state index is 8.93. The van der Waals surface area contributed by atoms with E-state index in [0.29, 0.717) is 28.5 Å². The number of hydrogen-bond donors (Lipinski definition) is 3. The topological polar surface area (TPSA) is 44.3 Å². The lowest BCUT2D eigenvalue weighted by Gasteiger charge is -2.32. The molecule has 5 heteroatoms. The number of halogens is 2. The van der Waals surface area contributed by atoms with Gasteiger partial charge in [0.1, 0.15) is 0 Å². The van der Waals surface area contributed by atoms with Crippen LogP contribution in [0.5, 0.6) is 0 Å². The number of benzene rings is 2. The van der Waals surface area contributed by atoms with Gasteiger partial charge in [0.15, 0.2) is 0 Å². The number of aliphatic hydroxyl groups excluding tert-OH is 1. The minimum Gasteiger partial charge on any atom is -0.395 e. The summed E-state index contributed by atoms with van der Waals surface area (Å²) in [4.78, 5) is 0. The quantitative estimate of drug-likeness (QED) is 0.657. The zero-order chi connectivity index (χ0) is 17.8. The van der Waals surface area contributed by atoms with Crippen LogP contribution >= 0.6 is 23.2 Å². The van der Waals surface area contributed by atoms with E-state index in [1.54, 1.807) is 0 Å². The van der Waals surface area contributed by atoms with Crippen LogP contribution < -0.4 is 10.6 Å². The molecule has 0 saturated carbocycles. The summed E-state index contributed by atoms with van der Waals surface area (Å²) < 4.78 is 0. The summed E-state index contributed by atoms with van der Waals surface area (Å²) in [6.07, 6.45) is 2.17. The van der Waals surface area contributed by atoms with Gasteiger partial charge in [0.2, 0.25) is 0 Å². The van der Waals surface area contributed by atoms with Crippen molar-refractivity contribution < 1.29 is 5.11 Å². The van der Waals surface area contributed by atoms with Crippen LogP contribution in [0, 0.1) is 0 Å². The fourth-order valence-corrected chi connectivity index (χ4v) is 3.99. The average Bonchev–Trinajstić information content (AvgIpc) is 2.63. The van der Waals surface area contributed by atoms with Crippen molar-refractivity contribution in [2.24, 2.45) is 0 Å². The predicted molar refractivity (Wildman–Crippen MR) is 105 cm³/mol. The number of aliphatic hydroxyl groups is 1. The summed E-state index contributed by atoms with van der Waals surface area (Å²) in [6, 6.07) is 13.0. The lowest BCUT2D eigenvalue weighted by Crippen LogP contribution is -2.25. The molecule has 0 spiro atoms. The van der Waals surface area contributed by atoms with Crippen molar-refractivity contribution in [3.8, 4) is 0 Å². The van der Waals surface area contributed by atoms with Crippen LogP contribution in [-0.2, 0) is 6.54 Å². The van der Waals surface area contributed by atoms with Crippen LogP contribution in [0.2, 0.25) is 10.0 Å². The van der Waals surface area contributed by atoms with Gasteiger partial charge in [-0.15, -0.1) is 0 Å². The second-order valence-corrected chi connectivity index (χ2v) is 7.32. The van der Waals surface area contributed by atoms with Gasteiger partial charge in [-0.3, -0.25) is 0 Å². The van der Waals surface area contributed by atoms with Gasteiger partial charge in [0, 0.05) is 25.0 Å². The van der Waals surface area contributed by atoms with Gasteiger partial charge in [-0.2, -0.15) is 0 Å². The van der Waals surface area contributed by atoms with Gasteiger partial charge in [0.05, 0.1) is 16.7 Å². The van der Waals surface area contributed by atoms with Crippen LogP contribution in [-0.4, -0.2) is 25.3 Å². The van der Waals surface area contributed by atoms with E-state index in [9.17, 15) is 0 Å². The van der Waals surface area contributed by atoms with Crippen LogP contribution in [0.15, 0.2) is 36.4 Å². The summed E-state index contributed by atoms with van der Waals surface area (Å²) in [7, 11) is 2.02. The molecule has 0 saturated heterocycles. The van der Waals surface area contributed by atoms with Gasteiger partial charge in [0.25, 0.3) is 0 Å². The summed E-state index contributed by atoms with van der Waals surface area (Å²) in [5, 5.41) is 16.8. The molecule has 0 bridgehead atoms. The number of nitrogens with one attached hydrogen (secondary N) is 2. The lowest BCUT2D eigenvalue weighted by atomic mass is 9.76. The first-order valence-corrected chi connectivity index (χ1v) is 9.46. The number of rotatable bonds is 6. The highest BCUT2D eigenvalue weighted by molar-refractivity contribution is 6.42. The second kappa shape index (κ2) is 8.52. The van der Waals surface area contributed by atoms with Crippen molar-refractivity contribution in [1.82, 2.24) is 10.6 Å². The first-order chi connectivity index (χ1) is 12.1. The largest absolute Gasteiger partial charge is 0.395 e. The third kappa shape index (κ3) is 4.18. The molecular formula is C20H24Cl2N2O. The van der Waals surface area contributed by atoms with Crippen molar-refractivity contribution >= 4 is 23.2 Å². The SMILES string of the molecule is CN[C@H]1CC[C@@H](c2ccc(Cl)c(Cl)c2)c2ccc(CNCCO)cc21. The fraction of sp³-hybridized carbons (Fsp3) is 0.400. The molecule has 1 aliphatic rings. The molecule has 2 aromatic carbocycles. The summed E-state index contributed by atoms with van der Waals surface area (Å²) in [5.74, 6) is 0.341. The Balaban J connectivity index is 1.93. The maximum absolute atomic E-state index is 8.93. The Bertz CT molecular complexity index is 736. The van der Waals surface area contributed by atoms with E-state index in [1.807, 2.05) is 19.2 Å². The molecule has 2 aromatic rings. The van der Waals surface area contributed by atoms with E-state index < -0.39 is 0 Å². The lowest BCUT2D eigenvalue weighted by molar-refractivity contribution is 0.292. The Morgan fingerprint density at radius 2 is 1.88 bits per heavy atom. The Kier molecular flexibility index (Phi) is 6.37. The molecule has 0 radical (unpaired) electrons. The molecule has 0 aromatic heterocycles. The van der Waals surface area contributed by atoms with E-state index in [0.717, 1.165) is 19.4 Å². The molecule has 3 rings (SSSR count). The zero-order valence-electron chi connectivity index (χ0n) is 14.4. The molecule has 25 heavy (non-hydrogen) atoms. The predicted octanol–water partition coefficient (Wildman–Crippen LogP) is 4.26. The second-order valence-electron chi connectivity index (χ2n) is 6.51. The molecule has 0 aliphatic heterocycles. The molecule has 0 fully saturated rings. The van der Waals surface area contributed by atoms with E-state index in [-0.39, 0.29) is 6.61 Å². The van der Waals surface area contributed by atoms with Gasteiger partial charge in [-0.05, 0) is 54.3 Å². The molecule has 0 amide bonds. The minimum absolute atomic E-state index is 0.156. The molecule has 134 valence electrons. The third-order valence-corrected chi connectivity index (χ3v) is 5.70. The monoisotopic (exact) mass is 378 g/mol. The van der Waals surface area contributed by atoms with Crippen LogP contribution in [0.3, 0.4) is 0 Å². The van der Waals surface area contributed by atoms with Crippen molar-refractivity contribution in [3.05, 3.63) is 68.7 Å². The number of fused-ring (bicyclic) bond motifs is 1. The fourth-order valence-electron chi connectivity index (χ4n) is 3.68. The molecule has 3 nitrogen and oxygen atoms in total. The molecular weight excluding hydrogens is 355 g/mol. The Morgan fingerprint density at radius 3 is 2.60 bits per heavy atom. The van der Waals surface area contributed by atoms with Crippen molar-refractivity contribution in [2.75, 3.05) is 20.2 Å². The first kappa shape index (κ1) is 18.7. The summed E-state index contributed by atoms with van der Waals surface area (Å²) in [6.45, 7) is 1.53.